The highest BCUT2D eigenvalue weighted by Gasteiger charge is 2.57. The van der Waals surface area contributed by atoms with E-state index >= 15 is 0 Å². The summed E-state index contributed by atoms with van der Waals surface area (Å²) in [7, 11) is 0. The van der Waals surface area contributed by atoms with Crippen LogP contribution in [0.4, 0.5) is 0 Å². The summed E-state index contributed by atoms with van der Waals surface area (Å²) in [6.45, 7) is -4.67. The fourth-order valence-corrected chi connectivity index (χ4v) is 8.01. The van der Waals surface area contributed by atoms with Gasteiger partial charge >= 0.3 is 0 Å². The number of aliphatic hydroxyl groups excluding tert-OH is 16. The predicted molar refractivity (Wildman–Crippen MR) is 202 cm³/mol. The molecule has 0 aromatic heterocycles. The van der Waals surface area contributed by atoms with Gasteiger partial charge in [-0.25, -0.2) is 0 Å². The van der Waals surface area contributed by atoms with Gasteiger partial charge in [0.2, 0.25) is 12.3 Å². The molecule has 5 rings (SSSR count). The van der Waals surface area contributed by atoms with Crippen molar-refractivity contribution in [1.29, 1.82) is 0 Å². The summed E-state index contributed by atoms with van der Waals surface area (Å²) in [5.74, 6) is -0.814. The lowest BCUT2D eigenvalue weighted by Crippen LogP contribution is -2.70. The first kappa shape index (κ1) is 54.8. The van der Waals surface area contributed by atoms with E-state index in [-0.39, 0.29) is 6.41 Å². The molecule has 18 N–H and O–H groups in total. The average Bonchev–Trinajstić information content (AvgIpc) is 3.30. The Morgan fingerprint density at radius 1 is 0.485 bits per heavy atom. The molecular weight excluding hydrogens is 908 g/mol. The van der Waals surface area contributed by atoms with E-state index in [4.69, 9.17) is 47.4 Å². The van der Waals surface area contributed by atoms with E-state index in [1.807, 2.05) is 0 Å². The van der Waals surface area contributed by atoms with Crippen LogP contribution in [0.2, 0.25) is 0 Å². The Bertz CT molecular complexity index is 1490. The van der Waals surface area contributed by atoms with Crippen LogP contribution in [0.25, 0.3) is 0 Å². The van der Waals surface area contributed by atoms with Gasteiger partial charge in [-0.1, -0.05) is 0 Å². The maximum atomic E-state index is 12.4. The van der Waals surface area contributed by atoms with Crippen molar-refractivity contribution in [2.45, 2.75) is 166 Å². The second kappa shape index (κ2) is 24.6. The Hall–Kier alpha value is -2.10. The highest BCUT2D eigenvalue weighted by molar-refractivity contribution is 5.73. The zero-order valence-corrected chi connectivity index (χ0v) is 35.1. The van der Waals surface area contributed by atoms with Crippen molar-refractivity contribution in [2.24, 2.45) is 0 Å². The maximum absolute atomic E-state index is 12.4. The first-order chi connectivity index (χ1) is 31.4. The number of hydrogen-bond donors (Lipinski definition) is 18. The van der Waals surface area contributed by atoms with Crippen LogP contribution in [0, 0.1) is 0 Å². The summed E-state index contributed by atoms with van der Waals surface area (Å²) in [5.41, 5.74) is 0. The Labute approximate surface area is 374 Å². The number of carbonyl (C=O) groups excluding carboxylic acids is 2. The van der Waals surface area contributed by atoms with E-state index in [9.17, 15) is 91.3 Å². The van der Waals surface area contributed by atoms with E-state index in [1.165, 1.54) is 0 Å². The number of aliphatic hydroxyl groups is 16. The van der Waals surface area contributed by atoms with Crippen molar-refractivity contribution < 1.29 is 139 Å². The summed E-state index contributed by atoms with van der Waals surface area (Å²) < 4.78 is 56.3. The van der Waals surface area contributed by atoms with Crippen LogP contribution in [0.15, 0.2) is 0 Å². The minimum atomic E-state index is -2.20. The summed E-state index contributed by atoms with van der Waals surface area (Å²) in [6, 6.07) is -2.65. The van der Waals surface area contributed by atoms with Crippen molar-refractivity contribution in [1.82, 2.24) is 10.6 Å². The highest BCUT2D eigenvalue weighted by atomic mass is 16.8. The number of nitrogens with one attached hydrogen (secondary N) is 2. The van der Waals surface area contributed by atoms with Gasteiger partial charge in [-0.3, -0.25) is 9.59 Å². The predicted octanol–water partition coefficient (Wildman–Crippen LogP) is -12.6. The van der Waals surface area contributed by atoms with Gasteiger partial charge < -0.3 is 140 Å². The summed E-state index contributed by atoms with van der Waals surface area (Å²) in [5, 5.41) is 174. The maximum Gasteiger partial charge on any atom is 0.217 e. The van der Waals surface area contributed by atoms with Gasteiger partial charge in [0.1, 0.15) is 122 Å². The molecule has 30 nitrogen and oxygen atoms in total. The van der Waals surface area contributed by atoms with Gasteiger partial charge in [0.05, 0.1) is 52.3 Å². The summed E-state index contributed by atoms with van der Waals surface area (Å²) >= 11 is 0. The number of rotatable bonds is 20. The molecule has 2 amide bonds. The summed E-state index contributed by atoms with van der Waals surface area (Å²) in [4.78, 5) is 23.2. The minimum absolute atomic E-state index is 0.284. The van der Waals surface area contributed by atoms with Crippen LogP contribution in [-0.2, 0) is 57.0 Å². The number of ether oxygens (including phenoxy) is 10. The fourth-order valence-electron chi connectivity index (χ4n) is 8.01. The van der Waals surface area contributed by atoms with Crippen molar-refractivity contribution in [3.63, 3.8) is 0 Å². The molecule has 66 heavy (non-hydrogen) atoms. The second-order valence-corrected chi connectivity index (χ2v) is 16.2. The van der Waals surface area contributed by atoms with E-state index in [2.05, 4.69) is 10.6 Å². The topological polar surface area (TPSA) is 474 Å². The third-order valence-electron chi connectivity index (χ3n) is 11.7. The van der Waals surface area contributed by atoms with Gasteiger partial charge in [-0.2, -0.15) is 0 Å². The monoisotopic (exact) mass is 970 g/mol. The lowest BCUT2D eigenvalue weighted by molar-refractivity contribution is -0.390. The third-order valence-corrected chi connectivity index (χ3v) is 11.7. The van der Waals surface area contributed by atoms with Crippen LogP contribution in [0.3, 0.4) is 0 Å². The Morgan fingerprint density at radius 2 is 0.879 bits per heavy atom. The zero-order chi connectivity index (χ0) is 48.7. The molecule has 26 atom stereocenters. The van der Waals surface area contributed by atoms with Crippen molar-refractivity contribution in [3.05, 3.63) is 0 Å². The molecule has 0 spiro atoms. The molecule has 30 heteroatoms. The Balaban J connectivity index is 1.33. The van der Waals surface area contributed by atoms with Crippen LogP contribution in [0.1, 0.15) is 6.92 Å². The Kier molecular flexibility index (Phi) is 20.5. The molecule has 0 bridgehead atoms. The van der Waals surface area contributed by atoms with E-state index in [1.54, 1.807) is 0 Å². The number of amides is 2. The molecule has 0 aliphatic carbocycles. The molecule has 5 aliphatic rings. The molecule has 0 unspecified atom stereocenters. The molecule has 384 valence electrons. The summed E-state index contributed by atoms with van der Waals surface area (Å²) in [6.07, 6.45) is -44.4. The SMILES string of the molecule is CC(=O)N[C@H]1[C@H](O[C@H]2[C@@H](O)[C@@H](CO)O[C@H](O[C@H]3[C@@H](O)[C@@H](CO)O[C@@H](O[C@H]4[C@H](O)[C@@H](O)[C@H](OC[C@@H](CO)NC=O)O[C@@H]4CO)[C@@H]3O)[C@@H]2O)O[C@H](CO)[C@@H](O[C@@H]2O[C@H](CO)[C@H](O)[C@H](O)[C@H]2O)[C@@H]1O. The lowest BCUT2D eigenvalue weighted by atomic mass is 9.94. The van der Waals surface area contributed by atoms with Gasteiger partial charge in [0.25, 0.3) is 0 Å². The standard InChI is InChI=1S/C36H62N2O28/c1-10(46)38-17-21(50)28(63-34-24(53)22(51)18(47)12(3-40)58-34)15(6-43)61-32(17)65-30-19(48)13(4-41)60-36(26(30)55)66-31-20(49)14(5-42)59-35(27(31)56)64-29-16(7-44)62-33(25(54)23(29)52)57-8-11(2-39)37-9-45/h9,11-36,39-44,47-56H,2-8H2,1H3,(H,37,45)(H,38,46)/t11-,12-,13-,14-,15-,16-,17-,18+,19+,20+,21-,22+,23-,24-,25-,26-,27-,28-,29-,30+,31+,32+,33-,34+,35+,36-/m1/s1. The molecule has 5 heterocycles. The van der Waals surface area contributed by atoms with Crippen molar-refractivity contribution in [3.8, 4) is 0 Å². The molecule has 5 fully saturated rings. The number of carbonyl (C=O) groups is 2. The van der Waals surface area contributed by atoms with Gasteiger partial charge in [0.15, 0.2) is 31.5 Å². The molecule has 0 aromatic rings. The Morgan fingerprint density at radius 3 is 1.33 bits per heavy atom. The van der Waals surface area contributed by atoms with Crippen LogP contribution in [0.5, 0.6) is 0 Å². The molecule has 0 radical (unpaired) electrons. The quantitative estimate of drug-likeness (QED) is 0.0504. The largest absolute Gasteiger partial charge is 0.394 e. The van der Waals surface area contributed by atoms with E-state index < -0.39 is 212 Å². The molecular formula is C36H62N2O28. The minimum Gasteiger partial charge on any atom is -0.394 e. The van der Waals surface area contributed by atoms with Crippen molar-refractivity contribution >= 4 is 12.3 Å². The van der Waals surface area contributed by atoms with Crippen LogP contribution < -0.4 is 10.6 Å². The fraction of sp³-hybridized carbons (Fsp3) is 0.944. The normalized spacial score (nSPS) is 47.2. The van der Waals surface area contributed by atoms with Gasteiger partial charge in [0, 0.05) is 6.92 Å². The highest BCUT2D eigenvalue weighted by Crippen LogP contribution is 2.36. The number of hydrogen-bond acceptors (Lipinski definition) is 28. The second-order valence-electron chi connectivity index (χ2n) is 16.2. The first-order valence-electron chi connectivity index (χ1n) is 20.8. The van der Waals surface area contributed by atoms with Crippen molar-refractivity contribution in [2.75, 3.05) is 46.2 Å². The van der Waals surface area contributed by atoms with Gasteiger partial charge in [-0.15, -0.1) is 0 Å². The molecule has 0 saturated carbocycles. The van der Waals surface area contributed by atoms with Crippen LogP contribution >= 0.6 is 0 Å². The molecule has 0 aromatic carbocycles. The molecule has 5 saturated heterocycles. The average molecular weight is 971 g/mol. The smallest absolute Gasteiger partial charge is 0.217 e. The van der Waals surface area contributed by atoms with E-state index in [0.717, 1.165) is 6.92 Å². The van der Waals surface area contributed by atoms with Gasteiger partial charge in [-0.05, 0) is 0 Å². The van der Waals surface area contributed by atoms with Crippen LogP contribution in [-0.4, -0.2) is 300 Å². The lowest BCUT2D eigenvalue weighted by Gasteiger charge is -2.50. The third kappa shape index (κ3) is 12.1. The van der Waals surface area contributed by atoms with E-state index in [0.29, 0.717) is 0 Å². The zero-order valence-electron chi connectivity index (χ0n) is 35.1. The first-order valence-corrected chi connectivity index (χ1v) is 20.8. The molecule has 5 aliphatic heterocycles.